The molecule has 23 heavy (non-hydrogen) atoms. The van der Waals surface area contributed by atoms with Crippen LogP contribution >= 0.6 is 0 Å². The van der Waals surface area contributed by atoms with E-state index in [4.69, 9.17) is 4.74 Å². The number of hydrogen-bond acceptors (Lipinski definition) is 4. The first-order valence-electron chi connectivity index (χ1n) is 8.35. The number of likely N-dealkylation sites (tertiary alicyclic amines) is 1. The summed E-state index contributed by atoms with van der Waals surface area (Å²) in [6.45, 7) is 2.21. The first kappa shape index (κ1) is 14.5. The SMILES string of the molecule is O=c1ccc(-c2ccc(OC3CCN(C4CCC4)C3)cc2)n[nH]1. The predicted octanol–water partition coefficient (Wildman–Crippen LogP) is 2.44. The number of rotatable bonds is 4. The molecular formula is C18H21N3O2. The number of H-pyrrole nitrogens is 1. The van der Waals surface area contributed by atoms with Crippen LogP contribution < -0.4 is 10.3 Å². The highest BCUT2D eigenvalue weighted by Gasteiger charge is 2.32. The zero-order valence-electron chi connectivity index (χ0n) is 13.1. The molecule has 0 amide bonds. The number of aromatic amines is 1. The van der Waals surface area contributed by atoms with Crippen molar-refractivity contribution in [2.24, 2.45) is 0 Å². The molecule has 2 heterocycles. The molecule has 1 aliphatic heterocycles. The molecule has 1 atom stereocenters. The van der Waals surface area contributed by atoms with Gasteiger partial charge in [-0.3, -0.25) is 9.69 Å². The average Bonchev–Trinajstić information content (AvgIpc) is 2.95. The summed E-state index contributed by atoms with van der Waals surface area (Å²) >= 11 is 0. The highest BCUT2D eigenvalue weighted by Crippen LogP contribution is 2.29. The minimum Gasteiger partial charge on any atom is -0.489 e. The molecule has 2 aromatic rings. The summed E-state index contributed by atoms with van der Waals surface area (Å²) in [5, 5.41) is 6.50. The van der Waals surface area contributed by atoms with E-state index in [2.05, 4.69) is 15.1 Å². The van der Waals surface area contributed by atoms with Crippen LogP contribution in [0.15, 0.2) is 41.2 Å². The average molecular weight is 311 g/mol. The molecule has 2 fully saturated rings. The molecule has 5 heteroatoms. The first-order chi connectivity index (χ1) is 11.3. The summed E-state index contributed by atoms with van der Waals surface area (Å²) in [6.07, 6.45) is 5.50. The Morgan fingerprint density at radius 3 is 2.57 bits per heavy atom. The van der Waals surface area contributed by atoms with Gasteiger partial charge in [0.15, 0.2) is 0 Å². The second-order valence-electron chi connectivity index (χ2n) is 6.44. The van der Waals surface area contributed by atoms with Gasteiger partial charge in [-0.1, -0.05) is 6.42 Å². The number of benzene rings is 1. The largest absolute Gasteiger partial charge is 0.489 e. The third-order valence-corrected chi connectivity index (χ3v) is 4.90. The van der Waals surface area contributed by atoms with Crippen molar-refractivity contribution in [1.82, 2.24) is 15.1 Å². The zero-order chi connectivity index (χ0) is 15.6. The molecule has 1 aromatic carbocycles. The molecule has 1 aliphatic carbocycles. The topological polar surface area (TPSA) is 58.2 Å². The lowest BCUT2D eigenvalue weighted by atomic mass is 9.92. The van der Waals surface area contributed by atoms with Gasteiger partial charge >= 0.3 is 0 Å². The minimum absolute atomic E-state index is 0.189. The molecule has 1 saturated carbocycles. The van der Waals surface area contributed by atoms with Gasteiger partial charge in [-0.25, -0.2) is 5.10 Å². The van der Waals surface area contributed by atoms with Gasteiger partial charge in [0.2, 0.25) is 0 Å². The standard InChI is InChI=1S/C18H21N3O2/c22-18-9-8-17(19-20-18)13-4-6-15(7-5-13)23-16-10-11-21(12-16)14-2-1-3-14/h4-9,14,16H,1-3,10-12H2,(H,20,22). The lowest BCUT2D eigenvalue weighted by molar-refractivity contribution is 0.133. The number of ether oxygens (including phenoxy) is 1. The van der Waals surface area contributed by atoms with Crippen molar-refractivity contribution in [2.45, 2.75) is 37.8 Å². The van der Waals surface area contributed by atoms with Gasteiger partial charge < -0.3 is 4.74 Å². The summed E-state index contributed by atoms with van der Waals surface area (Å²) < 4.78 is 6.11. The normalized spacial score (nSPS) is 22.0. The van der Waals surface area contributed by atoms with Crippen LogP contribution in [0.3, 0.4) is 0 Å². The van der Waals surface area contributed by atoms with E-state index in [1.165, 1.54) is 25.3 Å². The molecule has 1 saturated heterocycles. The van der Waals surface area contributed by atoms with Gasteiger partial charge in [-0.05, 0) is 49.6 Å². The summed E-state index contributed by atoms with van der Waals surface area (Å²) in [4.78, 5) is 13.6. The third kappa shape index (κ3) is 3.15. The Bertz CT molecular complexity index is 701. The van der Waals surface area contributed by atoms with E-state index in [-0.39, 0.29) is 5.56 Å². The number of nitrogens with one attached hydrogen (secondary N) is 1. The Hall–Kier alpha value is -2.14. The highest BCUT2D eigenvalue weighted by molar-refractivity contribution is 5.59. The maximum absolute atomic E-state index is 11.1. The van der Waals surface area contributed by atoms with Crippen LogP contribution in [0.2, 0.25) is 0 Å². The van der Waals surface area contributed by atoms with Crippen molar-refractivity contribution in [3.63, 3.8) is 0 Å². The van der Waals surface area contributed by atoms with E-state index in [0.717, 1.165) is 42.6 Å². The van der Waals surface area contributed by atoms with Crippen molar-refractivity contribution in [3.05, 3.63) is 46.8 Å². The van der Waals surface area contributed by atoms with Crippen LogP contribution in [0.4, 0.5) is 0 Å². The molecular weight excluding hydrogens is 290 g/mol. The Labute approximate surface area is 135 Å². The van der Waals surface area contributed by atoms with Gasteiger partial charge in [0.1, 0.15) is 11.9 Å². The van der Waals surface area contributed by atoms with E-state index in [0.29, 0.717) is 6.10 Å². The third-order valence-electron chi connectivity index (χ3n) is 4.90. The van der Waals surface area contributed by atoms with Crippen LogP contribution in [0, 0.1) is 0 Å². The molecule has 0 spiro atoms. The van der Waals surface area contributed by atoms with Gasteiger partial charge in [0, 0.05) is 30.8 Å². The molecule has 120 valence electrons. The zero-order valence-corrected chi connectivity index (χ0v) is 13.1. The molecule has 0 bridgehead atoms. The number of nitrogens with zero attached hydrogens (tertiary/aromatic N) is 2. The summed E-state index contributed by atoms with van der Waals surface area (Å²) in [7, 11) is 0. The Morgan fingerprint density at radius 1 is 1.09 bits per heavy atom. The summed E-state index contributed by atoms with van der Waals surface area (Å²) in [5.74, 6) is 0.902. The van der Waals surface area contributed by atoms with Crippen molar-refractivity contribution in [2.75, 3.05) is 13.1 Å². The van der Waals surface area contributed by atoms with Crippen molar-refractivity contribution < 1.29 is 4.74 Å². The van der Waals surface area contributed by atoms with E-state index >= 15 is 0 Å². The smallest absolute Gasteiger partial charge is 0.264 e. The van der Waals surface area contributed by atoms with Crippen molar-refractivity contribution >= 4 is 0 Å². The second-order valence-corrected chi connectivity index (χ2v) is 6.44. The highest BCUT2D eigenvalue weighted by atomic mass is 16.5. The first-order valence-corrected chi connectivity index (χ1v) is 8.35. The molecule has 1 N–H and O–H groups in total. The molecule has 1 aromatic heterocycles. The van der Waals surface area contributed by atoms with Crippen LogP contribution in [-0.4, -0.2) is 40.3 Å². The Morgan fingerprint density at radius 2 is 1.91 bits per heavy atom. The van der Waals surface area contributed by atoms with E-state index in [1.807, 2.05) is 24.3 Å². The number of aromatic nitrogens is 2. The summed E-state index contributed by atoms with van der Waals surface area (Å²) in [5.41, 5.74) is 1.54. The minimum atomic E-state index is -0.189. The van der Waals surface area contributed by atoms with Gasteiger partial charge in [0.05, 0.1) is 5.69 Å². The lowest BCUT2D eigenvalue weighted by Gasteiger charge is -2.34. The van der Waals surface area contributed by atoms with Crippen LogP contribution in [0.5, 0.6) is 5.75 Å². The maximum atomic E-state index is 11.1. The van der Waals surface area contributed by atoms with E-state index in [1.54, 1.807) is 6.07 Å². The Balaban J connectivity index is 1.38. The lowest BCUT2D eigenvalue weighted by Crippen LogP contribution is -2.39. The molecule has 4 rings (SSSR count). The van der Waals surface area contributed by atoms with E-state index in [9.17, 15) is 4.79 Å². The van der Waals surface area contributed by atoms with E-state index < -0.39 is 0 Å². The maximum Gasteiger partial charge on any atom is 0.264 e. The predicted molar refractivity (Wildman–Crippen MR) is 88.5 cm³/mol. The van der Waals surface area contributed by atoms with Crippen LogP contribution in [0.1, 0.15) is 25.7 Å². The fourth-order valence-electron chi connectivity index (χ4n) is 3.34. The quantitative estimate of drug-likeness (QED) is 0.942. The van der Waals surface area contributed by atoms with Gasteiger partial charge in [0.25, 0.3) is 5.56 Å². The van der Waals surface area contributed by atoms with Gasteiger partial charge in [-0.2, -0.15) is 5.10 Å². The molecule has 5 nitrogen and oxygen atoms in total. The van der Waals surface area contributed by atoms with Crippen molar-refractivity contribution in [1.29, 1.82) is 0 Å². The molecule has 1 unspecified atom stereocenters. The summed E-state index contributed by atoms with van der Waals surface area (Å²) in [6, 6.07) is 11.9. The number of hydrogen-bond donors (Lipinski definition) is 1. The second kappa shape index (κ2) is 6.16. The monoisotopic (exact) mass is 311 g/mol. The van der Waals surface area contributed by atoms with Crippen LogP contribution in [-0.2, 0) is 0 Å². The van der Waals surface area contributed by atoms with Crippen molar-refractivity contribution in [3.8, 4) is 17.0 Å². The van der Waals surface area contributed by atoms with Gasteiger partial charge in [-0.15, -0.1) is 0 Å². The fourth-order valence-corrected chi connectivity index (χ4v) is 3.34. The molecule has 2 aliphatic rings. The Kier molecular flexibility index (Phi) is 3.87. The van der Waals surface area contributed by atoms with Crippen LogP contribution in [0.25, 0.3) is 11.3 Å². The molecule has 0 radical (unpaired) electrons. The fraction of sp³-hybridized carbons (Fsp3) is 0.444.